The summed E-state index contributed by atoms with van der Waals surface area (Å²) >= 11 is 6.21. The summed E-state index contributed by atoms with van der Waals surface area (Å²) in [7, 11) is 1.21. The number of piperidine rings is 1. The van der Waals surface area contributed by atoms with Gasteiger partial charge in [-0.3, -0.25) is 10.1 Å². The minimum absolute atomic E-state index is 0.0445. The highest BCUT2D eigenvalue weighted by Gasteiger charge is 2.30. The van der Waals surface area contributed by atoms with E-state index in [2.05, 4.69) is 10.1 Å². The fourth-order valence-electron chi connectivity index (χ4n) is 3.35. The van der Waals surface area contributed by atoms with Gasteiger partial charge in [-0.25, -0.2) is 9.59 Å². The number of nitrogens with zero attached hydrogens (tertiary/aromatic N) is 2. The molecule has 10 heteroatoms. The number of carbonyl (C=O) groups is 2. The van der Waals surface area contributed by atoms with E-state index in [1.807, 2.05) is 27.7 Å². The average Bonchev–Trinajstić information content (AvgIpc) is 2.67. The second kappa shape index (κ2) is 9.51. The third-order valence-electron chi connectivity index (χ3n) is 4.95. The molecule has 0 unspecified atom stereocenters. The summed E-state index contributed by atoms with van der Waals surface area (Å²) in [5.74, 6) is -0.475. The quantitative estimate of drug-likeness (QED) is 0.407. The number of nitro groups is 1. The third kappa shape index (κ3) is 5.98. The van der Waals surface area contributed by atoms with Gasteiger partial charge in [0.05, 0.1) is 23.3 Å². The van der Waals surface area contributed by atoms with Gasteiger partial charge in [-0.1, -0.05) is 11.6 Å². The molecule has 166 valence electrons. The number of nitrogens with one attached hydrogen (secondary N) is 1. The van der Waals surface area contributed by atoms with Crippen molar-refractivity contribution in [3.05, 3.63) is 32.8 Å². The van der Waals surface area contributed by atoms with Crippen LogP contribution >= 0.6 is 11.6 Å². The minimum atomic E-state index is -0.684. The molecule has 1 N–H and O–H groups in total. The van der Waals surface area contributed by atoms with Crippen LogP contribution in [0.1, 0.15) is 50.9 Å². The molecule has 2 rings (SSSR count). The van der Waals surface area contributed by atoms with Crippen LogP contribution in [0.3, 0.4) is 0 Å². The second-order valence-corrected chi connectivity index (χ2v) is 8.72. The standard InChI is InChI=1S/C20H28ClN3O6/c1-12(13-6-8-23(9-7-13)19(26)30-20(2,3)4)22-15-10-14(18(25)29-5)11-16(17(15)21)24(27)28/h10-13,22H,6-9H2,1-5H3/t12-/m0/s1. The molecule has 1 amide bonds. The number of amides is 1. The lowest BCUT2D eigenvalue weighted by Gasteiger charge is -2.36. The predicted molar refractivity (Wildman–Crippen MR) is 113 cm³/mol. The van der Waals surface area contributed by atoms with Crippen LogP contribution in [0.2, 0.25) is 5.02 Å². The SMILES string of the molecule is COC(=O)c1cc(N[C@@H](C)C2CCN(C(=O)OC(C)(C)C)CC2)c(Cl)c([N+](=O)[O-])c1. The van der Waals surface area contributed by atoms with Gasteiger partial charge < -0.3 is 19.7 Å². The summed E-state index contributed by atoms with van der Waals surface area (Å²) in [6, 6.07) is 2.47. The number of anilines is 1. The Morgan fingerprint density at radius 3 is 2.40 bits per heavy atom. The Morgan fingerprint density at radius 2 is 1.90 bits per heavy atom. The van der Waals surface area contributed by atoms with Crippen molar-refractivity contribution in [1.29, 1.82) is 0 Å². The summed E-state index contributed by atoms with van der Waals surface area (Å²) in [5.41, 5.74) is -0.566. The highest BCUT2D eigenvalue weighted by Crippen LogP contribution is 2.35. The monoisotopic (exact) mass is 441 g/mol. The molecule has 1 atom stereocenters. The predicted octanol–water partition coefficient (Wildman–Crippen LogP) is 4.48. The number of ether oxygens (including phenoxy) is 2. The average molecular weight is 442 g/mol. The molecule has 30 heavy (non-hydrogen) atoms. The largest absolute Gasteiger partial charge is 0.465 e. The molecule has 1 aromatic carbocycles. The van der Waals surface area contributed by atoms with Gasteiger partial charge in [0.1, 0.15) is 10.6 Å². The maximum absolute atomic E-state index is 12.2. The lowest BCUT2D eigenvalue weighted by Crippen LogP contribution is -2.44. The molecular formula is C20H28ClN3O6. The van der Waals surface area contributed by atoms with Gasteiger partial charge in [0.15, 0.2) is 0 Å². The molecule has 9 nitrogen and oxygen atoms in total. The zero-order valence-electron chi connectivity index (χ0n) is 17.9. The van der Waals surface area contributed by atoms with Gasteiger partial charge >= 0.3 is 12.1 Å². The number of hydrogen-bond donors (Lipinski definition) is 1. The van der Waals surface area contributed by atoms with E-state index in [4.69, 9.17) is 16.3 Å². The van der Waals surface area contributed by atoms with Crippen LogP contribution in [0.25, 0.3) is 0 Å². The second-order valence-electron chi connectivity index (χ2n) is 8.34. The molecule has 0 radical (unpaired) electrons. The lowest BCUT2D eigenvalue weighted by atomic mass is 9.90. The van der Waals surface area contributed by atoms with E-state index in [0.717, 1.165) is 18.9 Å². The van der Waals surface area contributed by atoms with Gasteiger partial charge in [0.25, 0.3) is 5.69 Å². The van der Waals surface area contributed by atoms with Gasteiger partial charge in [-0.05, 0) is 52.5 Å². The Kier molecular flexibility index (Phi) is 7.52. The first-order valence-corrected chi connectivity index (χ1v) is 10.1. The number of benzene rings is 1. The van der Waals surface area contributed by atoms with Crippen LogP contribution in [0.5, 0.6) is 0 Å². The number of carbonyl (C=O) groups excluding carboxylic acids is 2. The molecule has 0 aliphatic carbocycles. The number of likely N-dealkylation sites (tertiary alicyclic amines) is 1. The van der Waals surface area contributed by atoms with Crippen LogP contribution in [-0.2, 0) is 9.47 Å². The van der Waals surface area contributed by atoms with Crippen molar-refractivity contribution < 1.29 is 24.0 Å². The van der Waals surface area contributed by atoms with Crippen molar-refractivity contribution in [3.8, 4) is 0 Å². The van der Waals surface area contributed by atoms with E-state index in [0.29, 0.717) is 18.8 Å². The zero-order chi connectivity index (χ0) is 22.6. The summed E-state index contributed by atoms with van der Waals surface area (Å²) in [6.07, 6.45) is 1.15. The van der Waals surface area contributed by atoms with Gasteiger partial charge in [-0.15, -0.1) is 0 Å². The first-order chi connectivity index (χ1) is 13.9. The van der Waals surface area contributed by atoms with Crippen LogP contribution < -0.4 is 5.32 Å². The molecule has 0 bridgehead atoms. The van der Waals surface area contributed by atoms with Crippen LogP contribution in [-0.4, -0.2) is 53.7 Å². The van der Waals surface area contributed by atoms with Crippen molar-refractivity contribution in [2.24, 2.45) is 5.92 Å². The van der Waals surface area contributed by atoms with E-state index >= 15 is 0 Å². The van der Waals surface area contributed by atoms with E-state index < -0.39 is 16.5 Å². The fraction of sp³-hybridized carbons (Fsp3) is 0.600. The molecule has 1 aromatic rings. The van der Waals surface area contributed by atoms with E-state index in [1.54, 1.807) is 4.90 Å². The van der Waals surface area contributed by atoms with E-state index in [9.17, 15) is 19.7 Å². The number of hydrogen-bond acceptors (Lipinski definition) is 7. The number of esters is 1. The Labute approximate surface area is 180 Å². The Hall–Kier alpha value is -2.55. The molecule has 1 heterocycles. The van der Waals surface area contributed by atoms with Gasteiger partial charge in [0, 0.05) is 25.2 Å². The van der Waals surface area contributed by atoms with Crippen molar-refractivity contribution >= 4 is 35.0 Å². The lowest BCUT2D eigenvalue weighted by molar-refractivity contribution is -0.384. The first kappa shape index (κ1) is 23.7. The normalized spacial score (nSPS) is 16.0. The summed E-state index contributed by atoms with van der Waals surface area (Å²) in [6.45, 7) is 8.54. The van der Waals surface area contributed by atoms with Gasteiger partial charge in [0.2, 0.25) is 0 Å². The van der Waals surface area contributed by atoms with E-state index in [-0.39, 0.29) is 34.3 Å². The van der Waals surface area contributed by atoms with Crippen molar-refractivity contribution in [1.82, 2.24) is 4.90 Å². The van der Waals surface area contributed by atoms with Crippen LogP contribution in [0.4, 0.5) is 16.2 Å². The van der Waals surface area contributed by atoms with Crippen molar-refractivity contribution in [2.75, 3.05) is 25.5 Å². The van der Waals surface area contributed by atoms with Crippen molar-refractivity contribution in [2.45, 2.75) is 52.2 Å². The van der Waals surface area contributed by atoms with Crippen LogP contribution in [0.15, 0.2) is 12.1 Å². The summed E-state index contributed by atoms with van der Waals surface area (Å²) < 4.78 is 10.1. The summed E-state index contributed by atoms with van der Waals surface area (Å²) in [5, 5.41) is 14.4. The summed E-state index contributed by atoms with van der Waals surface area (Å²) in [4.78, 5) is 36.5. The molecule has 1 aliphatic heterocycles. The smallest absolute Gasteiger partial charge is 0.410 e. The fourth-order valence-corrected chi connectivity index (χ4v) is 3.59. The zero-order valence-corrected chi connectivity index (χ0v) is 18.6. The molecule has 0 spiro atoms. The first-order valence-electron chi connectivity index (χ1n) is 9.73. The van der Waals surface area contributed by atoms with E-state index in [1.165, 1.54) is 13.2 Å². The molecule has 1 saturated heterocycles. The molecular weight excluding hydrogens is 414 g/mol. The number of halogens is 1. The number of nitro benzene ring substituents is 1. The maximum Gasteiger partial charge on any atom is 0.410 e. The molecule has 1 fully saturated rings. The minimum Gasteiger partial charge on any atom is -0.465 e. The van der Waals surface area contributed by atoms with Gasteiger partial charge in [-0.2, -0.15) is 0 Å². The van der Waals surface area contributed by atoms with Crippen molar-refractivity contribution in [3.63, 3.8) is 0 Å². The topological polar surface area (TPSA) is 111 Å². The molecule has 0 aromatic heterocycles. The third-order valence-corrected chi connectivity index (χ3v) is 5.35. The maximum atomic E-state index is 12.2. The highest BCUT2D eigenvalue weighted by molar-refractivity contribution is 6.35. The number of rotatable bonds is 5. The Morgan fingerprint density at radius 1 is 1.30 bits per heavy atom. The Bertz CT molecular complexity index is 815. The Balaban J connectivity index is 2.09. The highest BCUT2D eigenvalue weighted by atomic mass is 35.5. The molecule has 1 aliphatic rings. The van der Waals surface area contributed by atoms with Crippen LogP contribution in [0, 0.1) is 16.0 Å². The molecule has 0 saturated carbocycles. The number of methoxy groups -OCH3 is 1.